The summed E-state index contributed by atoms with van der Waals surface area (Å²) < 4.78 is 17.1. The van der Waals surface area contributed by atoms with Gasteiger partial charge in [0.05, 0.1) is 0 Å². The third kappa shape index (κ3) is 7.52. The van der Waals surface area contributed by atoms with Crippen molar-refractivity contribution in [2.24, 2.45) is 32.0 Å². The Morgan fingerprint density at radius 1 is 1.18 bits per heavy atom. The van der Waals surface area contributed by atoms with Crippen LogP contribution in [-0.4, -0.2) is 54.0 Å². The zero-order valence-electron chi connectivity index (χ0n) is 25.2. The van der Waals surface area contributed by atoms with E-state index in [-0.39, 0.29) is 27.7 Å². The van der Waals surface area contributed by atoms with Crippen LogP contribution in [0.3, 0.4) is 0 Å². The summed E-state index contributed by atoms with van der Waals surface area (Å²) in [5, 5.41) is 0. The van der Waals surface area contributed by atoms with E-state index in [2.05, 4.69) is 34.3 Å². The van der Waals surface area contributed by atoms with Crippen molar-refractivity contribution in [3.8, 4) is 0 Å². The molecular weight excluding hydrogens is 595 g/mol. The maximum atomic E-state index is 14.3. The molecule has 1 amide bonds. The van der Waals surface area contributed by atoms with Gasteiger partial charge in [-0.2, -0.15) is 0 Å². The summed E-state index contributed by atoms with van der Waals surface area (Å²) in [6, 6.07) is 0. The molecule has 1 aliphatic rings. The number of rotatable bonds is 17. The number of amides is 1. The molecule has 222 valence electrons. The van der Waals surface area contributed by atoms with Gasteiger partial charge in [-0.15, -0.1) is 0 Å². The number of alkyl halides is 1. The molecule has 0 radical (unpaired) electrons. The van der Waals surface area contributed by atoms with Gasteiger partial charge >= 0.3 is 243 Å². The number of carbonyl (C=O) groups excluding carboxylic acids is 3. The van der Waals surface area contributed by atoms with Gasteiger partial charge in [-0.3, -0.25) is 0 Å². The quantitative estimate of drug-likeness (QED) is 0.0650. The van der Waals surface area contributed by atoms with Gasteiger partial charge in [0.2, 0.25) is 0 Å². The van der Waals surface area contributed by atoms with Crippen molar-refractivity contribution in [2.45, 2.75) is 103 Å². The van der Waals surface area contributed by atoms with Crippen LogP contribution in [-0.2, 0) is 23.9 Å². The van der Waals surface area contributed by atoms with Crippen molar-refractivity contribution in [3.63, 3.8) is 0 Å². The Labute approximate surface area is 242 Å². The Morgan fingerprint density at radius 3 is 2.32 bits per heavy atom. The third-order valence-electron chi connectivity index (χ3n) is 9.03. The number of piperidine rings is 1. The molecule has 2 N–H and O–H groups in total. The molecular formula is C30H54IN2O5-. The van der Waals surface area contributed by atoms with Crippen molar-refractivity contribution in [1.29, 1.82) is 0 Å². The maximum absolute atomic E-state index is 14.3. The molecule has 8 heteroatoms. The van der Waals surface area contributed by atoms with Gasteiger partial charge in [0.1, 0.15) is 0 Å². The Morgan fingerprint density at radius 2 is 1.82 bits per heavy atom. The number of allylic oxidation sites excluding steroid dienone is 1. The second-order valence-electron chi connectivity index (χ2n) is 11.9. The molecule has 0 bridgehead atoms. The van der Waals surface area contributed by atoms with E-state index in [0.717, 1.165) is 44.9 Å². The van der Waals surface area contributed by atoms with Crippen molar-refractivity contribution in [2.75, 3.05) is 27.3 Å². The number of methoxy groups -OCH3 is 2. The molecule has 1 heterocycles. The predicted octanol–water partition coefficient (Wildman–Crippen LogP) is 2.51. The van der Waals surface area contributed by atoms with Gasteiger partial charge in [-0.25, -0.2) is 0 Å². The molecule has 1 rings (SSSR count). The average Bonchev–Trinajstić information content (AvgIpc) is 2.90. The van der Waals surface area contributed by atoms with Gasteiger partial charge < -0.3 is 0 Å². The molecule has 0 spiro atoms. The Balaban J connectivity index is 3.73. The van der Waals surface area contributed by atoms with Crippen LogP contribution in [0.2, 0.25) is 0 Å². The van der Waals surface area contributed by atoms with E-state index in [0.29, 0.717) is 25.9 Å². The Bertz CT molecular complexity index is 808. The minimum atomic E-state index is -1.01. The third-order valence-corrected chi connectivity index (χ3v) is 12.5. The van der Waals surface area contributed by atoms with Crippen molar-refractivity contribution in [3.05, 3.63) is 12.7 Å². The summed E-state index contributed by atoms with van der Waals surface area (Å²) in [4.78, 5) is 42.7. The number of esters is 2. The van der Waals surface area contributed by atoms with E-state index in [1.807, 2.05) is 24.8 Å². The van der Waals surface area contributed by atoms with Crippen LogP contribution >= 0.6 is 0 Å². The molecule has 1 aliphatic heterocycles. The molecule has 0 aromatic carbocycles. The first-order valence-corrected chi connectivity index (χ1v) is 16.8. The molecule has 38 heavy (non-hydrogen) atoms. The van der Waals surface area contributed by atoms with Gasteiger partial charge in [-0.1, -0.05) is 0 Å². The van der Waals surface area contributed by atoms with Crippen molar-refractivity contribution < 1.29 is 45.3 Å². The van der Waals surface area contributed by atoms with E-state index in [1.54, 1.807) is 0 Å². The fourth-order valence-electron chi connectivity index (χ4n) is 6.54. The van der Waals surface area contributed by atoms with Gasteiger partial charge in [0, 0.05) is 0 Å². The first-order chi connectivity index (χ1) is 17.9. The molecule has 1 fully saturated rings. The zero-order chi connectivity index (χ0) is 29.1. The summed E-state index contributed by atoms with van der Waals surface area (Å²) in [5.74, 6) is -0.859. The van der Waals surface area contributed by atoms with E-state index < -0.39 is 43.6 Å². The van der Waals surface area contributed by atoms with E-state index in [9.17, 15) is 14.4 Å². The first kappa shape index (κ1) is 34.9. The van der Waals surface area contributed by atoms with Crippen LogP contribution in [0.25, 0.3) is 0 Å². The van der Waals surface area contributed by atoms with Gasteiger partial charge in [0.15, 0.2) is 0 Å². The number of likely N-dealkylation sites (tertiary alicyclic amines) is 1. The number of carbonyl (C=O) groups is 3. The standard InChI is InChI=1S/C30H54IN2O5/c1-10-13-15-16-18-33-21-23(24(34)37-8)20-28(5,26(33)35)25(31-32)29(6,17-14-11-2)30(7,27(36)38-9)19-22(4)12-3/h12,22-23,25H,3,10-11,13-21,32H2,1-2,4-9H3/q-1. The zero-order valence-corrected chi connectivity index (χ0v) is 27.4. The number of nitrogens with zero attached hydrogens (tertiary/aromatic N) is 1. The summed E-state index contributed by atoms with van der Waals surface area (Å²) in [5.41, 5.74) is -2.40. The molecule has 0 aromatic rings. The molecule has 1 saturated heterocycles. The predicted molar refractivity (Wildman–Crippen MR) is 149 cm³/mol. The SMILES string of the molecule is C=CC(C)CC(C)(C(=O)OC)C(C)(CCCC)C([I-]N)C1(C)CC(C(=O)OC)CN(CCCCCC)C1=O. The average molecular weight is 650 g/mol. The minimum absolute atomic E-state index is 0.0519. The molecule has 0 saturated carbocycles. The summed E-state index contributed by atoms with van der Waals surface area (Å²) in [6.07, 6.45) is 9.56. The molecule has 0 aromatic heterocycles. The fourth-order valence-corrected chi connectivity index (χ4v) is 9.65. The van der Waals surface area contributed by atoms with Crippen LogP contribution in [0.4, 0.5) is 0 Å². The fraction of sp³-hybridized carbons (Fsp3) is 0.833. The number of ether oxygens (including phenoxy) is 2. The second-order valence-corrected chi connectivity index (χ2v) is 13.9. The molecule has 6 unspecified atom stereocenters. The summed E-state index contributed by atoms with van der Waals surface area (Å²) in [6.45, 7) is 17.4. The van der Waals surface area contributed by atoms with Crippen LogP contribution in [0.1, 0.15) is 99.3 Å². The van der Waals surface area contributed by atoms with Crippen LogP contribution < -0.4 is 25.4 Å². The molecule has 6 atom stereocenters. The van der Waals surface area contributed by atoms with Crippen molar-refractivity contribution in [1.82, 2.24) is 4.90 Å². The van der Waals surface area contributed by atoms with Gasteiger partial charge in [0.25, 0.3) is 0 Å². The topological polar surface area (TPSA) is 98.9 Å². The van der Waals surface area contributed by atoms with Crippen molar-refractivity contribution >= 4 is 17.8 Å². The Hall–Kier alpha value is -1.16. The van der Waals surface area contributed by atoms with Gasteiger partial charge in [-0.05, 0) is 0 Å². The summed E-state index contributed by atoms with van der Waals surface area (Å²) in [7, 11) is 2.84. The van der Waals surface area contributed by atoms with E-state index in [1.165, 1.54) is 14.2 Å². The number of nitrogens with two attached hydrogens (primary N) is 1. The number of unbranched alkanes of at least 4 members (excludes halogenated alkanes) is 4. The Kier molecular flexibility index (Phi) is 14.3. The first-order valence-electron chi connectivity index (χ1n) is 14.3. The number of hydrogen-bond donors (Lipinski definition) is 1. The number of halogens is 1. The van der Waals surface area contributed by atoms with E-state index >= 15 is 0 Å². The second kappa shape index (κ2) is 15.6. The van der Waals surface area contributed by atoms with Crippen LogP contribution in [0, 0.1) is 28.1 Å². The van der Waals surface area contributed by atoms with Crippen LogP contribution in [0.5, 0.6) is 0 Å². The normalized spacial score (nSPS) is 24.7. The monoisotopic (exact) mass is 649 g/mol. The van der Waals surface area contributed by atoms with E-state index in [4.69, 9.17) is 13.4 Å². The van der Waals surface area contributed by atoms with Crippen LogP contribution in [0.15, 0.2) is 12.7 Å². The number of hydrogen-bond acceptors (Lipinski definition) is 6. The summed E-state index contributed by atoms with van der Waals surface area (Å²) >= 11 is -1.01. The molecule has 0 aliphatic carbocycles. The molecule has 7 nitrogen and oxygen atoms in total.